The number of aromatic nitrogens is 3. The molecule has 1 heterocycles. The molecule has 5 heteroatoms. The zero-order valence-corrected chi connectivity index (χ0v) is 10.2. The van der Waals surface area contributed by atoms with Crippen LogP contribution in [0.15, 0.2) is 30.6 Å². The first kappa shape index (κ1) is 11.2. The van der Waals surface area contributed by atoms with Gasteiger partial charge in [0, 0.05) is 18.2 Å². The van der Waals surface area contributed by atoms with Crippen LogP contribution in [-0.4, -0.2) is 14.8 Å². The highest BCUT2D eigenvalue weighted by Gasteiger charge is 2.53. The van der Waals surface area contributed by atoms with Gasteiger partial charge in [0.1, 0.15) is 6.33 Å². The minimum atomic E-state index is -1.13. The quantitative estimate of drug-likeness (QED) is 0.844. The van der Waals surface area contributed by atoms with Crippen molar-refractivity contribution in [3.05, 3.63) is 42.0 Å². The van der Waals surface area contributed by atoms with Crippen molar-refractivity contribution in [1.82, 2.24) is 14.8 Å². The third-order valence-corrected chi connectivity index (χ3v) is 3.71. The molecule has 1 aliphatic rings. The van der Waals surface area contributed by atoms with Gasteiger partial charge in [-0.25, -0.2) is 4.39 Å². The maximum Gasteiger partial charge on any atom is 0.169 e. The molecule has 18 heavy (non-hydrogen) atoms. The summed E-state index contributed by atoms with van der Waals surface area (Å²) in [4.78, 5) is 0. The van der Waals surface area contributed by atoms with E-state index in [-0.39, 0.29) is 0 Å². The fourth-order valence-corrected chi connectivity index (χ4v) is 2.44. The number of nitrogen functional groups attached to an aromatic ring is 1. The van der Waals surface area contributed by atoms with Crippen molar-refractivity contribution in [2.75, 3.05) is 5.73 Å². The first-order chi connectivity index (χ1) is 8.63. The van der Waals surface area contributed by atoms with E-state index in [9.17, 15) is 4.39 Å². The number of alkyl halides is 1. The van der Waals surface area contributed by atoms with Gasteiger partial charge in [-0.2, -0.15) is 0 Å². The number of hydrogen-bond acceptors (Lipinski definition) is 3. The fraction of sp³-hybridized carbons (Fsp3) is 0.385. The third-order valence-electron chi connectivity index (χ3n) is 3.71. The Bertz CT molecular complexity index is 574. The largest absolute Gasteiger partial charge is 0.399 e. The molecule has 1 saturated carbocycles. The summed E-state index contributed by atoms with van der Waals surface area (Å²) in [5, 5.41) is 7.62. The summed E-state index contributed by atoms with van der Waals surface area (Å²) in [5.41, 5.74) is 6.94. The van der Waals surface area contributed by atoms with E-state index in [1.165, 1.54) is 6.33 Å². The average molecular weight is 246 g/mol. The van der Waals surface area contributed by atoms with Gasteiger partial charge in [0.05, 0.1) is 0 Å². The molecule has 2 aromatic rings. The van der Waals surface area contributed by atoms with Crippen LogP contribution in [0, 0.1) is 0 Å². The molecule has 0 saturated heterocycles. The number of anilines is 1. The van der Waals surface area contributed by atoms with Gasteiger partial charge < -0.3 is 10.3 Å². The van der Waals surface area contributed by atoms with Crippen LogP contribution in [0.25, 0.3) is 0 Å². The van der Waals surface area contributed by atoms with Crippen LogP contribution >= 0.6 is 0 Å². The summed E-state index contributed by atoms with van der Waals surface area (Å²) in [6.07, 6.45) is 2.04. The SMILES string of the molecule is Cn1cnnc1C(F)C1(c2cccc(N)c2)CC1. The first-order valence-electron chi connectivity index (χ1n) is 5.97. The Morgan fingerprint density at radius 3 is 2.78 bits per heavy atom. The second-order valence-electron chi connectivity index (χ2n) is 4.94. The molecule has 1 unspecified atom stereocenters. The normalized spacial score (nSPS) is 18.6. The molecule has 3 rings (SSSR count). The van der Waals surface area contributed by atoms with Crippen LogP contribution in [-0.2, 0) is 12.5 Å². The number of rotatable bonds is 3. The van der Waals surface area contributed by atoms with E-state index in [4.69, 9.17) is 5.73 Å². The lowest BCUT2D eigenvalue weighted by Crippen LogP contribution is -2.18. The molecule has 0 aliphatic heterocycles. The minimum Gasteiger partial charge on any atom is -0.399 e. The van der Waals surface area contributed by atoms with Crippen molar-refractivity contribution in [2.24, 2.45) is 7.05 Å². The monoisotopic (exact) mass is 246 g/mol. The second-order valence-corrected chi connectivity index (χ2v) is 4.94. The van der Waals surface area contributed by atoms with Crippen LogP contribution < -0.4 is 5.73 Å². The highest BCUT2D eigenvalue weighted by Crippen LogP contribution is 2.57. The maximum atomic E-state index is 14.7. The lowest BCUT2D eigenvalue weighted by atomic mass is 9.90. The minimum absolute atomic E-state index is 0.384. The van der Waals surface area contributed by atoms with Crippen LogP contribution in [0.1, 0.15) is 30.4 Å². The number of benzene rings is 1. The molecule has 1 fully saturated rings. The van der Waals surface area contributed by atoms with E-state index in [1.807, 2.05) is 24.3 Å². The van der Waals surface area contributed by atoms with Gasteiger partial charge >= 0.3 is 0 Å². The summed E-state index contributed by atoms with van der Waals surface area (Å²) in [7, 11) is 1.76. The molecule has 1 aliphatic carbocycles. The predicted molar refractivity (Wildman–Crippen MR) is 66.6 cm³/mol. The zero-order chi connectivity index (χ0) is 12.8. The van der Waals surface area contributed by atoms with E-state index in [1.54, 1.807) is 11.6 Å². The van der Waals surface area contributed by atoms with Crippen molar-refractivity contribution in [3.8, 4) is 0 Å². The standard InChI is InChI=1S/C13H15FN4/c1-18-8-16-17-12(18)11(14)13(5-6-13)9-3-2-4-10(15)7-9/h2-4,7-8,11H,5-6,15H2,1H3. The summed E-state index contributed by atoms with van der Waals surface area (Å²) in [6, 6.07) is 7.48. The van der Waals surface area contributed by atoms with E-state index >= 15 is 0 Å². The van der Waals surface area contributed by atoms with E-state index in [0.29, 0.717) is 11.5 Å². The summed E-state index contributed by atoms with van der Waals surface area (Å²) in [5.74, 6) is 0.384. The summed E-state index contributed by atoms with van der Waals surface area (Å²) in [6.45, 7) is 0. The molecule has 1 aromatic carbocycles. The Balaban J connectivity index is 1.99. The average Bonchev–Trinajstić information content (AvgIpc) is 3.06. The Morgan fingerprint density at radius 1 is 1.44 bits per heavy atom. The van der Waals surface area contributed by atoms with Crippen molar-refractivity contribution < 1.29 is 4.39 Å². The van der Waals surface area contributed by atoms with Gasteiger partial charge in [-0.15, -0.1) is 10.2 Å². The van der Waals surface area contributed by atoms with Crippen molar-refractivity contribution in [1.29, 1.82) is 0 Å². The van der Waals surface area contributed by atoms with Crippen molar-refractivity contribution in [2.45, 2.75) is 24.4 Å². The van der Waals surface area contributed by atoms with Crippen LogP contribution in [0.4, 0.5) is 10.1 Å². The second kappa shape index (κ2) is 3.80. The lowest BCUT2D eigenvalue weighted by Gasteiger charge is -2.20. The molecule has 1 atom stereocenters. The van der Waals surface area contributed by atoms with Crippen molar-refractivity contribution >= 4 is 5.69 Å². The van der Waals surface area contributed by atoms with E-state index < -0.39 is 11.6 Å². The van der Waals surface area contributed by atoms with Gasteiger partial charge in [0.25, 0.3) is 0 Å². The molecule has 0 radical (unpaired) electrons. The number of nitrogens with two attached hydrogens (primary N) is 1. The predicted octanol–water partition coefficient (Wildman–Crippen LogP) is 2.14. The maximum absolute atomic E-state index is 14.7. The molecular formula is C13H15FN4. The molecule has 94 valence electrons. The third kappa shape index (κ3) is 1.58. The van der Waals surface area contributed by atoms with E-state index in [2.05, 4.69) is 10.2 Å². The van der Waals surface area contributed by atoms with Gasteiger partial charge in [-0.05, 0) is 30.5 Å². The number of hydrogen-bond donors (Lipinski definition) is 1. The highest BCUT2D eigenvalue weighted by molar-refractivity contribution is 5.46. The molecule has 4 nitrogen and oxygen atoms in total. The van der Waals surface area contributed by atoms with Crippen LogP contribution in [0.2, 0.25) is 0 Å². The molecule has 1 aromatic heterocycles. The van der Waals surface area contributed by atoms with Crippen molar-refractivity contribution in [3.63, 3.8) is 0 Å². The Kier molecular flexibility index (Phi) is 2.36. The Morgan fingerprint density at radius 2 is 2.22 bits per heavy atom. The molecule has 0 amide bonds. The fourth-order valence-electron chi connectivity index (χ4n) is 2.44. The molecule has 2 N–H and O–H groups in total. The topological polar surface area (TPSA) is 56.7 Å². The van der Waals surface area contributed by atoms with Crippen LogP contribution in [0.3, 0.4) is 0 Å². The van der Waals surface area contributed by atoms with Gasteiger partial charge in [-0.3, -0.25) is 0 Å². The van der Waals surface area contributed by atoms with E-state index in [0.717, 1.165) is 18.4 Å². The summed E-state index contributed by atoms with van der Waals surface area (Å²) < 4.78 is 16.4. The Labute approximate surface area is 105 Å². The number of aryl methyl sites for hydroxylation is 1. The number of nitrogens with zero attached hydrogens (tertiary/aromatic N) is 3. The smallest absolute Gasteiger partial charge is 0.169 e. The molecule has 0 spiro atoms. The number of halogens is 1. The zero-order valence-electron chi connectivity index (χ0n) is 10.2. The molecule has 0 bridgehead atoms. The highest BCUT2D eigenvalue weighted by atomic mass is 19.1. The first-order valence-corrected chi connectivity index (χ1v) is 5.97. The van der Waals surface area contributed by atoms with Crippen LogP contribution in [0.5, 0.6) is 0 Å². The lowest BCUT2D eigenvalue weighted by molar-refractivity contribution is 0.252. The summed E-state index contributed by atoms with van der Waals surface area (Å²) >= 11 is 0. The van der Waals surface area contributed by atoms with Gasteiger partial charge in [0.2, 0.25) is 0 Å². The Hall–Kier alpha value is -1.91. The van der Waals surface area contributed by atoms with Gasteiger partial charge in [0.15, 0.2) is 12.0 Å². The molecular weight excluding hydrogens is 231 g/mol. The van der Waals surface area contributed by atoms with Gasteiger partial charge in [-0.1, -0.05) is 12.1 Å².